The summed E-state index contributed by atoms with van der Waals surface area (Å²) in [7, 11) is 4.06. The lowest BCUT2D eigenvalue weighted by atomic mass is 9.61. The van der Waals surface area contributed by atoms with Crippen molar-refractivity contribution in [2.45, 2.75) is 50.2 Å². The van der Waals surface area contributed by atoms with Crippen LogP contribution in [0, 0.1) is 0 Å². The molecule has 0 aromatic heterocycles. The highest BCUT2D eigenvalue weighted by molar-refractivity contribution is 6.45. The molecule has 0 atom stereocenters. The fourth-order valence-electron chi connectivity index (χ4n) is 1.42. The summed E-state index contributed by atoms with van der Waals surface area (Å²) in [6.45, 7) is 0. The summed E-state index contributed by atoms with van der Waals surface area (Å²) in [5.74, 6) is 1.54. The van der Waals surface area contributed by atoms with Gasteiger partial charge in [0, 0.05) is 0 Å². The molecule has 0 aromatic carbocycles. The van der Waals surface area contributed by atoms with E-state index in [1.807, 2.05) is 15.0 Å². The van der Waals surface area contributed by atoms with Crippen LogP contribution in [0.3, 0.4) is 0 Å². The molecular formula is C8H14B2O. The summed E-state index contributed by atoms with van der Waals surface area (Å²) in [5.41, 5.74) is 0. The summed E-state index contributed by atoms with van der Waals surface area (Å²) < 4.78 is 5.39. The average molecular weight is 148 g/mol. The molecule has 0 saturated heterocycles. The van der Waals surface area contributed by atoms with Crippen LogP contribution in [0.4, 0.5) is 0 Å². The van der Waals surface area contributed by atoms with Crippen molar-refractivity contribution in [3.63, 3.8) is 0 Å². The molecule has 2 aliphatic carbocycles. The Bertz CT molecular complexity index is 107. The van der Waals surface area contributed by atoms with Crippen molar-refractivity contribution in [1.82, 2.24) is 0 Å². The van der Waals surface area contributed by atoms with Gasteiger partial charge in [0.2, 0.25) is 0 Å². The van der Waals surface area contributed by atoms with Crippen LogP contribution in [-0.2, 0) is 4.57 Å². The second kappa shape index (κ2) is 3.66. The van der Waals surface area contributed by atoms with Gasteiger partial charge in [-0.25, -0.2) is 0 Å². The minimum Gasteiger partial charge on any atom is -0.505 e. The van der Waals surface area contributed by atoms with Crippen molar-refractivity contribution in [1.29, 1.82) is 0 Å². The molecule has 0 aliphatic heterocycles. The molecule has 0 N–H and O–H groups in total. The van der Waals surface area contributed by atoms with E-state index in [4.69, 9.17) is 4.57 Å². The van der Waals surface area contributed by atoms with E-state index in [0.717, 1.165) is 11.6 Å². The SMILES string of the molecule is [B](O[B]C1CCC1)C1CCC1. The molecule has 0 heterocycles. The molecule has 1 nitrogen and oxygen atoms in total. The van der Waals surface area contributed by atoms with Crippen molar-refractivity contribution in [3.05, 3.63) is 0 Å². The Labute approximate surface area is 70.4 Å². The number of hydrogen-bond donors (Lipinski definition) is 0. The zero-order chi connectivity index (χ0) is 7.52. The van der Waals surface area contributed by atoms with Crippen LogP contribution in [0.1, 0.15) is 38.5 Å². The smallest absolute Gasteiger partial charge is 0.276 e. The lowest BCUT2D eigenvalue weighted by molar-refractivity contribution is 0.435. The Kier molecular flexibility index (Phi) is 2.57. The van der Waals surface area contributed by atoms with Gasteiger partial charge in [0.1, 0.15) is 0 Å². The lowest BCUT2D eigenvalue weighted by Crippen LogP contribution is -2.21. The zero-order valence-corrected chi connectivity index (χ0v) is 6.96. The van der Waals surface area contributed by atoms with Crippen LogP contribution in [0.5, 0.6) is 0 Å². The van der Waals surface area contributed by atoms with E-state index in [1.54, 1.807) is 0 Å². The van der Waals surface area contributed by atoms with E-state index < -0.39 is 0 Å². The van der Waals surface area contributed by atoms with Crippen LogP contribution in [-0.4, -0.2) is 15.0 Å². The van der Waals surface area contributed by atoms with Crippen LogP contribution in [0.25, 0.3) is 0 Å². The van der Waals surface area contributed by atoms with Gasteiger partial charge >= 0.3 is 0 Å². The largest absolute Gasteiger partial charge is 0.505 e. The van der Waals surface area contributed by atoms with Gasteiger partial charge in [-0.3, -0.25) is 0 Å². The Balaban J connectivity index is 1.46. The Hall–Kier alpha value is 0.0899. The highest BCUT2D eigenvalue weighted by Crippen LogP contribution is 2.33. The third-order valence-electron chi connectivity index (χ3n) is 2.84. The van der Waals surface area contributed by atoms with Crippen LogP contribution < -0.4 is 0 Å². The van der Waals surface area contributed by atoms with Crippen molar-refractivity contribution >= 4 is 15.0 Å². The van der Waals surface area contributed by atoms with Gasteiger partial charge in [-0.2, -0.15) is 0 Å². The molecule has 2 rings (SSSR count). The molecule has 3 heteroatoms. The van der Waals surface area contributed by atoms with Crippen LogP contribution in [0.2, 0.25) is 11.6 Å². The van der Waals surface area contributed by atoms with Gasteiger partial charge in [0.05, 0.1) is 0 Å². The molecule has 2 fully saturated rings. The zero-order valence-electron chi connectivity index (χ0n) is 6.96. The van der Waals surface area contributed by atoms with Gasteiger partial charge in [0.15, 0.2) is 0 Å². The summed E-state index contributed by atoms with van der Waals surface area (Å²) in [4.78, 5) is 0. The third kappa shape index (κ3) is 2.02. The van der Waals surface area contributed by atoms with Gasteiger partial charge in [0.25, 0.3) is 15.0 Å². The first kappa shape index (κ1) is 7.72. The first-order valence-corrected chi connectivity index (χ1v) is 4.77. The summed E-state index contributed by atoms with van der Waals surface area (Å²) in [6.07, 6.45) is 8.18. The first-order chi connectivity index (χ1) is 5.45. The monoisotopic (exact) mass is 148 g/mol. The third-order valence-corrected chi connectivity index (χ3v) is 2.84. The maximum absolute atomic E-state index is 5.39. The van der Waals surface area contributed by atoms with Gasteiger partial charge in [-0.05, 0) is 11.6 Å². The van der Waals surface area contributed by atoms with Crippen molar-refractivity contribution < 1.29 is 4.57 Å². The van der Waals surface area contributed by atoms with Crippen LogP contribution in [0.15, 0.2) is 0 Å². The van der Waals surface area contributed by atoms with Crippen molar-refractivity contribution in [2.24, 2.45) is 0 Å². The van der Waals surface area contributed by atoms with Crippen LogP contribution >= 0.6 is 0 Å². The molecule has 11 heavy (non-hydrogen) atoms. The highest BCUT2D eigenvalue weighted by atomic mass is 16.4. The minimum atomic E-state index is 0.770. The fraction of sp³-hybridized carbons (Fsp3) is 1.00. The first-order valence-electron chi connectivity index (χ1n) is 4.77. The topological polar surface area (TPSA) is 9.23 Å². The Morgan fingerprint density at radius 2 is 1.27 bits per heavy atom. The molecule has 2 radical (unpaired) electrons. The molecule has 0 spiro atoms. The molecule has 0 amide bonds. The molecule has 0 unspecified atom stereocenters. The summed E-state index contributed by atoms with van der Waals surface area (Å²) in [6, 6.07) is 0. The van der Waals surface area contributed by atoms with E-state index in [0.29, 0.717) is 0 Å². The van der Waals surface area contributed by atoms with Gasteiger partial charge in [-0.1, -0.05) is 38.5 Å². The average Bonchev–Trinajstić information content (AvgIpc) is 1.79. The molecule has 58 valence electrons. The van der Waals surface area contributed by atoms with E-state index in [1.165, 1.54) is 38.5 Å². The molecule has 2 saturated carbocycles. The molecule has 2 aliphatic rings. The van der Waals surface area contributed by atoms with E-state index in [2.05, 4.69) is 0 Å². The Morgan fingerprint density at radius 1 is 0.818 bits per heavy atom. The number of rotatable bonds is 4. The van der Waals surface area contributed by atoms with Crippen molar-refractivity contribution in [2.75, 3.05) is 0 Å². The van der Waals surface area contributed by atoms with E-state index in [-0.39, 0.29) is 0 Å². The standard InChI is InChI=1S/C8H14B2O/c1-3-7(4-1)9-11-10-8-5-2-6-8/h7-8H,1-6H2. The fourth-order valence-corrected chi connectivity index (χ4v) is 1.42. The Morgan fingerprint density at radius 3 is 1.55 bits per heavy atom. The second-order valence-corrected chi connectivity index (χ2v) is 3.79. The van der Waals surface area contributed by atoms with Gasteiger partial charge < -0.3 is 4.57 Å². The van der Waals surface area contributed by atoms with Gasteiger partial charge in [-0.15, -0.1) is 0 Å². The summed E-state index contributed by atoms with van der Waals surface area (Å²) >= 11 is 0. The minimum absolute atomic E-state index is 0.770. The highest BCUT2D eigenvalue weighted by Gasteiger charge is 2.23. The van der Waals surface area contributed by atoms with E-state index >= 15 is 0 Å². The normalized spacial score (nSPS) is 25.5. The molecule has 0 bridgehead atoms. The van der Waals surface area contributed by atoms with E-state index in [9.17, 15) is 0 Å². The quantitative estimate of drug-likeness (QED) is 0.555. The summed E-state index contributed by atoms with van der Waals surface area (Å²) in [5, 5.41) is 0. The maximum Gasteiger partial charge on any atom is 0.276 e. The lowest BCUT2D eigenvalue weighted by Gasteiger charge is -2.27. The predicted octanol–water partition coefficient (Wildman–Crippen LogP) is 2.19. The van der Waals surface area contributed by atoms with Crippen molar-refractivity contribution in [3.8, 4) is 0 Å². The number of hydrogen-bond acceptors (Lipinski definition) is 1. The predicted molar refractivity (Wildman–Crippen MR) is 47.8 cm³/mol. The molecule has 0 aromatic rings. The maximum atomic E-state index is 5.39. The molecular weight excluding hydrogens is 134 g/mol. The second-order valence-electron chi connectivity index (χ2n) is 3.79.